The number of hydrogen-bond donors (Lipinski definition) is 2. The Morgan fingerprint density at radius 2 is 1.94 bits per heavy atom. The van der Waals surface area contributed by atoms with Crippen LogP contribution in [0.1, 0.15) is 25.7 Å². The van der Waals surface area contributed by atoms with Crippen LogP contribution in [0.2, 0.25) is 0 Å². The van der Waals surface area contributed by atoms with E-state index >= 15 is 0 Å². The summed E-state index contributed by atoms with van der Waals surface area (Å²) in [5.74, 6) is 0.0000345. The number of piperazine rings is 1. The highest BCUT2D eigenvalue weighted by Crippen LogP contribution is 2.13. The van der Waals surface area contributed by atoms with Crippen LogP contribution in [0.15, 0.2) is 0 Å². The number of carbonyl (C=O) groups excluding carboxylic acids is 2. The minimum Gasteiger partial charge on any atom is -0.314 e. The summed E-state index contributed by atoms with van der Waals surface area (Å²) in [6, 6.07) is 0.385. The fourth-order valence-corrected chi connectivity index (χ4v) is 2.25. The molecule has 0 spiro atoms. The first-order chi connectivity index (χ1) is 7.77. The first-order valence-corrected chi connectivity index (χ1v) is 6.04. The molecule has 1 unspecified atom stereocenters. The summed E-state index contributed by atoms with van der Waals surface area (Å²) in [5, 5.41) is 6.67. The third-order valence-electron chi connectivity index (χ3n) is 3.21. The van der Waals surface area contributed by atoms with E-state index in [1.165, 1.54) is 4.90 Å². The Bertz CT molecular complexity index is 258. The van der Waals surface area contributed by atoms with E-state index in [-0.39, 0.29) is 11.8 Å². The smallest absolute Gasteiger partial charge is 0.229 e. The molecule has 0 bridgehead atoms. The average Bonchev–Trinajstić information content (AvgIpc) is 2.30. The molecule has 0 aromatic carbocycles. The number of likely N-dealkylation sites (tertiary alicyclic amines) is 1. The lowest BCUT2D eigenvalue weighted by Crippen LogP contribution is -2.50. The summed E-state index contributed by atoms with van der Waals surface area (Å²) in [7, 11) is 0. The fraction of sp³-hybridized carbons (Fsp3) is 0.818. The zero-order valence-electron chi connectivity index (χ0n) is 9.50. The quantitative estimate of drug-likeness (QED) is 0.634. The van der Waals surface area contributed by atoms with E-state index in [4.69, 9.17) is 0 Å². The maximum atomic E-state index is 11.5. The van der Waals surface area contributed by atoms with E-state index in [2.05, 4.69) is 10.6 Å². The van der Waals surface area contributed by atoms with Crippen molar-refractivity contribution in [3.63, 3.8) is 0 Å². The molecule has 2 saturated heterocycles. The predicted molar refractivity (Wildman–Crippen MR) is 59.8 cm³/mol. The largest absolute Gasteiger partial charge is 0.314 e. The van der Waals surface area contributed by atoms with Crippen LogP contribution in [-0.4, -0.2) is 48.9 Å². The Morgan fingerprint density at radius 1 is 1.19 bits per heavy atom. The Balaban J connectivity index is 1.78. The maximum absolute atomic E-state index is 11.5. The van der Waals surface area contributed by atoms with E-state index in [9.17, 15) is 9.59 Å². The van der Waals surface area contributed by atoms with Gasteiger partial charge >= 0.3 is 0 Å². The highest BCUT2D eigenvalue weighted by atomic mass is 16.2. The maximum Gasteiger partial charge on any atom is 0.229 e. The number of rotatable bonds is 3. The first-order valence-electron chi connectivity index (χ1n) is 6.04. The van der Waals surface area contributed by atoms with Gasteiger partial charge in [-0.05, 0) is 12.8 Å². The molecule has 90 valence electrons. The van der Waals surface area contributed by atoms with Crippen molar-refractivity contribution < 1.29 is 9.59 Å². The van der Waals surface area contributed by atoms with Crippen LogP contribution in [0.25, 0.3) is 0 Å². The lowest BCUT2D eigenvalue weighted by Gasteiger charge is -2.29. The molecule has 16 heavy (non-hydrogen) atoms. The normalized spacial score (nSPS) is 27.2. The van der Waals surface area contributed by atoms with Gasteiger partial charge < -0.3 is 10.6 Å². The lowest BCUT2D eigenvalue weighted by atomic mass is 10.1. The molecule has 2 fully saturated rings. The van der Waals surface area contributed by atoms with Crippen molar-refractivity contribution in [3.8, 4) is 0 Å². The van der Waals surface area contributed by atoms with Crippen LogP contribution in [-0.2, 0) is 9.59 Å². The summed E-state index contributed by atoms with van der Waals surface area (Å²) in [6.07, 6.45) is 2.63. The SMILES string of the molecule is O=C1CCCC(=O)N1CCC1CNCCN1. The second kappa shape index (κ2) is 5.41. The number of imide groups is 1. The first kappa shape index (κ1) is 11.5. The number of amides is 2. The second-order valence-corrected chi connectivity index (χ2v) is 4.44. The van der Waals surface area contributed by atoms with Crippen LogP contribution < -0.4 is 10.6 Å². The highest BCUT2D eigenvalue weighted by Gasteiger charge is 2.26. The molecular formula is C11H19N3O2. The summed E-state index contributed by atoms with van der Waals surface area (Å²) in [5.41, 5.74) is 0. The van der Waals surface area contributed by atoms with Crippen LogP contribution in [0.5, 0.6) is 0 Å². The van der Waals surface area contributed by atoms with Crippen LogP contribution in [0, 0.1) is 0 Å². The topological polar surface area (TPSA) is 61.4 Å². The van der Waals surface area contributed by atoms with Crippen molar-refractivity contribution in [2.24, 2.45) is 0 Å². The van der Waals surface area contributed by atoms with Gasteiger partial charge in [-0.1, -0.05) is 0 Å². The number of nitrogens with one attached hydrogen (secondary N) is 2. The molecule has 0 aromatic heterocycles. The van der Waals surface area contributed by atoms with Crippen LogP contribution in [0.3, 0.4) is 0 Å². The van der Waals surface area contributed by atoms with Gasteiger partial charge in [0.15, 0.2) is 0 Å². The summed E-state index contributed by atoms with van der Waals surface area (Å²) < 4.78 is 0. The second-order valence-electron chi connectivity index (χ2n) is 4.44. The van der Waals surface area contributed by atoms with Gasteiger partial charge in [-0.2, -0.15) is 0 Å². The number of carbonyl (C=O) groups is 2. The van der Waals surface area contributed by atoms with Gasteiger partial charge in [0.05, 0.1) is 0 Å². The lowest BCUT2D eigenvalue weighted by molar-refractivity contribution is -0.148. The fourth-order valence-electron chi connectivity index (χ4n) is 2.25. The van der Waals surface area contributed by atoms with Gasteiger partial charge in [0, 0.05) is 45.1 Å². The molecule has 2 rings (SSSR count). The van der Waals surface area contributed by atoms with Gasteiger partial charge in [0.25, 0.3) is 0 Å². The standard InChI is InChI=1S/C11H19N3O2/c15-10-2-1-3-11(16)14(10)7-4-9-8-12-5-6-13-9/h9,12-13H,1-8H2. The summed E-state index contributed by atoms with van der Waals surface area (Å²) in [6.45, 7) is 3.46. The molecule has 0 aromatic rings. The average molecular weight is 225 g/mol. The molecule has 0 saturated carbocycles. The molecule has 2 aliphatic rings. The minimum absolute atomic E-state index is 0.0000172. The molecule has 2 N–H and O–H groups in total. The number of piperidine rings is 1. The predicted octanol–water partition coefficient (Wildman–Crippen LogP) is -0.523. The van der Waals surface area contributed by atoms with E-state index in [1.807, 2.05) is 0 Å². The third-order valence-corrected chi connectivity index (χ3v) is 3.21. The molecule has 0 radical (unpaired) electrons. The monoisotopic (exact) mass is 225 g/mol. The molecule has 5 heteroatoms. The highest BCUT2D eigenvalue weighted by molar-refractivity contribution is 5.97. The third kappa shape index (κ3) is 2.80. The molecule has 5 nitrogen and oxygen atoms in total. The van der Waals surface area contributed by atoms with E-state index < -0.39 is 0 Å². The Labute approximate surface area is 95.6 Å². The summed E-state index contributed by atoms with van der Waals surface area (Å²) >= 11 is 0. The zero-order chi connectivity index (χ0) is 11.4. The van der Waals surface area contributed by atoms with Gasteiger partial charge in [-0.15, -0.1) is 0 Å². The molecule has 0 aliphatic carbocycles. The van der Waals surface area contributed by atoms with Crippen molar-refractivity contribution >= 4 is 11.8 Å². The van der Waals surface area contributed by atoms with Crippen molar-refractivity contribution in [2.75, 3.05) is 26.2 Å². The molecular weight excluding hydrogens is 206 g/mol. The Kier molecular flexibility index (Phi) is 3.90. The van der Waals surface area contributed by atoms with E-state index in [0.29, 0.717) is 25.4 Å². The van der Waals surface area contributed by atoms with Crippen molar-refractivity contribution in [1.82, 2.24) is 15.5 Å². The van der Waals surface area contributed by atoms with Gasteiger partial charge in [0.1, 0.15) is 0 Å². The van der Waals surface area contributed by atoms with Crippen LogP contribution >= 0.6 is 0 Å². The molecule has 1 atom stereocenters. The summed E-state index contributed by atoms with van der Waals surface area (Å²) in [4.78, 5) is 24.5. The number of hydrogen-bond acceptors (Lipinski definition) is 4. The van der Waals surface area contributed by atoms with Crippen molar-refractivity contribution in [1.29, 1.82) is 0 Å². The van der Waals surface area contributed by atoms with Crippen LogP contribution in [0.4, 0.5) is 0 Å². The van der Waals surface area contributed by atoms with Gasteiger partial charge in [-0.3, -0.25) is 14.5 Å². The Hall–Kier alpha value is -0.940. The molecule has 2 aliphatic heterocycles. The van der Waals surface area contributed by atoms with Crippen molar-refractivity contribution in [2.45, 2.75) is 31.7 Å². The van der Waals surface area contributed by atoms with E-state index in [0.717, 1.165) is 32.5 Å². The minimum atomic E-state index is 0.0000172. The molecule has 2 amide bonds. The van der Waals surface area contributed by atoms with E-state index in [1.54, 1.807) is 0 Å². The van der Waals surface area contributed by atoms with Crippen molar-refractivity contribution in [3.05, 3.63) is 0 Å². The molecule has 2 heterocycles. The Morgan fingerprint density at radius 3 is 2.56 bits per heavy atom. The number of nitrogens with zero attached hydrogens (tertiary/aromatic N) is 1. The van der Waals surface area contributed by atoms with Gasteiger partial charge in [-0.25, -0.2) is 0 Å². The van der Waals surface area contributed by atoms with Gasteiger partial charge in [0.2, 0.25) is 11.8 Å². The zero-order valence-corrected chi connectivity index (χ0v) is 9.50.